The van der Waals surface area contributed by atoms with Crippen LogP contribution in [0.1, 0.15) is 24.2 Å². The molecule has 0 aliphatic heterocycles. The van der Waals surface area contributed by atoms with Gasteiger partial charge in [-0.2, -0.15) is 0 Å². The van der Waals surface area contributed by atoms with Crippen LogP contribution >= 0.6 is 15.9 Å². The van der Waals surface area contributed by atoms with Gasteiger partial charge in [0.1, 0.15) is 24.7 Å². The van der Waals surface area contributed by atoms with Gasteiger partial charge in [0, 0.05) is 17.0 Å². The fourth-order valence-corrected chi connectivity index (χ4v) is 2.26. The number of rotatable bonds is 7. The molecule has 2 rings (SSSR count). The van der Waals surface area contributed by atoms with Gasteiger partial charge < -0.3 is 14.8 Å². The summed E-state index contributed by atoms with van der Waals surface area (Å²) in [6.07, 6.45) is 0. The van der Waals surface area contributed by atoms with Crippen LogP contribution in [0, 0.1) is 0 Å². The van der Waals surface area contributed by atoms with Crippen LogP contribution in [0.25, 0.3) is 0 Å². The molecule has 0 saturated carbocycles. The number of amides is 1. The Bertz CT molecular complexity index is 728. The molecule has 5 nitrogen and oxygen atoms in total. The third kappa shape index (κ3) is 5.38. The predicted octanol–water partition coefficient (Wildman–Crippen LogP) is 4.07. The zero-order valence-electron chi connectivity index (χ0n) is 13.5. The lowest BCUT2D eigenvalue weighted by Crippen LogP contribution is -2.12. The van der Waals surface area contributed by atoms with E-state index in [0.717, 1.165) is 10.2 Å². The van der Waals surface area contributed by atoms with Gasteiger partial charge in [-0.05, 0) is 49.4 Å². The van der Waals surface area contributed by atoms with Gasteiger partial charge in [-0.25, -0.2) is 0 Å². The molecule has 0 aliphatic rings. The summed E-state index contributed by atoms with van der Waals surface area (Å²) < 4.78 is 12.2. The number of carbonyl (C=O) groups is 2. The monoisotopic (exact) mass is 391 g/mol. The zero-order valence-corrected chi connectivity index (χ0v) is 15.1. The average molecular weight is 392 g/mol. The maximum Gasteiger partial charge on any atom is 0.221 e. The average Bonchev–Trinajstić information content (AvgIpc) is 2.53. The number of ketones is 1. The summed E-state index contributed by atoms with van der Waals surface area (Å²) in [5.74, 6) is 0.903. The van der Waals surface area contributed by atoms with E-state index in [1.165, 1.54) is 13.8 Å². The number of carbonyl (C=O) groups excluding carboxylic acids is 2. The second kappa shape index (κ2) is 8.49. The number of nitrogens with one attached hydrogen (secondary N) is 1. The van der Waals surface area contributed by atoms with E-state index in [1.807, 2.05) is 24.3 Å². The van der Waals surface area contributed by atoms with Crippen LogP contribution in [-0.2, 0) is 4.79 Å². The third-order valence-corrected chi connectivity index (χ3v) is 3.65. The quantitative estimate of drug-likeness (QED) is 0.570. The van der Waals surface area contributed by atoms with Crippen LogP contribution in [-0.4, -0.2) is 24.9 Å². The Morgan fingerprint density at radius 2 is 1.67 bits per heavy atom. The highest BCUT2D eigenvalue weighted by molar-refractivity contribution is 9.10. The van der Waals surface area contributed by atoms with Crippen molar-refractivity contribution in [3.63, 3.8) is 0 Å². The number of benzene rings is 2. The molecule has 0 radical (unpaired) electrons. The predicted molar refractivity (Wildman–Crippen MR) is 95.9 cm³/mol. The Morgan fingerprint density at radius 1 is 1.00 bits per heavy atom. The fourth-order valence-electron chi connectivity index (χ4n) is 2.00. The highest BCUT2D eigenvalue weighted by atomic mass is 79.9. The molecule has 126 valence electrons. The van der Waals surface area contributed by atoms with Gasteiger partial charge in [-0.3, -0.25) is 9.59 Å². The summed E-state index contributed by atoms with van der Waals surface area (Å²) >= 11 is 3.36. The van der Waals surface area contributed by atoms with Gasteiger partial charge >= 0.3 is 0 Å². The topological polar surface area (TPSA) is 64.6 Å². The summed E-state index contributed by atoms with van der Waals surface area (Å²) in [7, 11) is 0. The largest absolute Gasteiger partial charge is 0.490 e. The molecule has 6 heteroatoms. The van der Waals surface area contributed by atoms with Crippen molar-refractivity contribution in [3.8, 4) is 11.5 Å². The molecule has 1 N–H and O–H groups in total. The van der Waals surface area contributed by atoms with E-state index in [1.54, 1.807) is 18.2 Å². The van der Waals surface area contributed by atoms with Crippen molar-refractivity contribution in [1.82, 2.24) is 0 Å². The number of Topliss-reactive ketones (excluding diaryl/α,β-unsaturated/α-hetero) is 1. The minimum atomic E-state index is -0.207. The maximum atomic E-state index is 11.5. The van der Waals surface area contributed by atoms with E-state index >= 15 is 0 Å². The van der Waals surface area contributed by atoms with Gasteiger partial charge in [0.2, 0.25) is 5.91 Å². The normalized spacial score (nSPS) is 10.1. The molecule has 0 aromatic heterocycles. The van der Waals surface area contributed by atoms with Crippen molar-refractivity contribution in [2.45, 2.75) is 13.8 Å². The van der Waals surface area contributed by atoms with Crippen molar-refractivity contribution in [3.05, 3.63) is 52.5 Å². The van der Waals surface area contributed by atoms with Crippen molar-refractivity contribution in [2.75, 3.05) is 18.5 Å². The summed E-state index contributed by atoms with van der Waals surface area (Å²) in [6.45, 7) is 3.52. The molecule has 0 fully saturated rings. The minimum absolute atomic E-state index is 0.0691. The molecule has 2 aromatic rings. The molecule has 24 heavy (non-hydrogen) atoms. The first-order chi connectivity index (χ1) is 11.5. The molecule has 0 spiro atoms. The molecule has 0 heterocycles. The Labute approximate surface area is 149 Å². The number of hydrogen-bond donors (Lipinski definition) is 1. The first-order valence-electron chi connectivity index (χ1n) is 7.39. The van der Waals surface area contributed by atoms with E-state index in [2.05, 4.69) is 21.2 Å². The Kier molecular flexibility index (Phi) is 6.37. The van der Waals surface area contributed by atoms with Gasteiger partial charge in [-0.1, -0.05) is 15.9 Å². The number of ether oxygens (including phenoxy) is 2. The highest BCUT2D eigenvalue weighted by Gasteiger charge is 2.09. The molecule has 1 amide bonds. The summed E-state index contributed by atoms with van der Waals surface area (Å²) in [4.78, 5) is 22.8. The molecule has 0 bridgehead atoms. The van der Waals surface area contributed by atoms with Crippen LogP contribution in [0.5, 0.6) is 11.5 Å². The Balaban J connectivity index is 1.98. The van der Waals surface area contributed by atoms with Crippen LogP contribution < -0.4 is 14.8 Å². The van der Waals surface area contributed by atoms with E-state index < -0.39 is 0 Å². The van der Waals surface area contributed by atoms with Crippen molar-refractivity contribution >= 4 is 33.3 Å². The number of hydrogen-bond acceptors (Lipinski definition) is 4. The fraction of sp³-hybridized carbons (Fsp3) is 0.222. The number of anilines is 1. The van der Waals surface area contributed by atoms with Gasteiger partial charge in [0.15, 0.2) is 5.78 Å². The Morgan fingerprint density at radius 3 is 2.29 bits per heavy atom. The molecule has 2 aromatic carbocycles. The van der Waals surface area contributed by atoms with E-state index in [4.69, 9.17) is 9.47 Å². The Hall–Kier alpha value is -2.34. The second-order valence-corrected chi connectivity index (χ2v) is 6.01. The van der Waals surface area contributed by atoms with Crippen LogP contribution in [0.15, 0.2) is 46.9 Å². The summed E-state index contributed by atoms with van der Waals surface area (Å²) in [5, 5.41) is 2.68. The molecular formula is C18H18BrNO4. The standard InChI is InChI=1S/C18H18BrNO4/c1-12(21)14-3-8-17(20-13(2)22)18(11-14)24-10-9-23-16-6-4-15(19)5-7-16/h3-8,11H,9-10H2,1-2H3,(H,20,22). The van der Waals surface area contributed by atoms with Crippen LogP contribution in [0.4, 0.5) is 5.69 Å². The maximum absolute atomic E-state index is 11.5. The second-order valence-electron chi connectivity index (χ2n) is 5.10. The first kappa shape index (κ1) is 18.0. The molecule has 0 unspecified atom stereocenters. The molecule has 0 atom stereocenters. The van der Waals surface area contributed by atoms with E-state index in [-0.39, 0.29) is 18.3 Å². The molecular weight excluding hydrogens is 374 g/mol. The van der Waals surface area contributed by atoms with Gasteiger partial charge in [-0.15, -0.1) is 0 Å². The van der Waals surface area contributed by atoms with Gasteiger partial charge in [0.25, 0.3) is 0 Å². The third-order valence-electron chi connectivity index (χ3n) is 3.12. The molecule has 0 saturated heterocycles. The highest BCUT2D eigenvalue weighted by Crippen LogP contribution is 2.26. The minimum Gasteiger partial charge on any atom is -0.490 e. The van der Waals surface area contributed by atoms with Crippen molar-refractivity contribution in [1.29, 1.82) is 0 Å². The van der Waals surface area contributed by atoms with Crippen LogP contribution in [0.2, 0.25) is 0 Å². The smallest absolute Gasteiger partial charge is 0.221 e. The summed E-state index contributed by atoms with van der Waals surface area (Å²) in [5.41, 5.74) is 1.05. The molecule has 0 aliphatic carbocycles. The first-order valence-corrected chi connectivity index (χ1v) is 8.19. The van der Waals surface area contributed by atoms with Crippen molar-refractivity contribution < 1.29 is 19.1 Å². The van der Waals surface area contributed by atoms with E-state index in [0.29, 0.717) is 23.6 Å². The van der Waals surface area contributed by atoms with Crippen molar-refractivity contribution in [2.24, 2.45) is 0 Å². The summed E-state index contributed by atoms with van der Waals surface area (Å²) in [6, 6.07) is 12.4. The van der Waals surface area contributed by atoms with E-state index in [9.17, 15) is 9.59 Å². The van der Waals surface area contributed by atoms with Crippen LogP contribution in [0.3, 0.4) is 0 Å². The SMILES string of the molecule is CC(=O)Nc1ccc(C(C)=O)cc1OCCOc1ccc(Br)cc1. The number of halogens is 1. The lowest BCUT2D eigenvalue weighted by Gasteiger charge is -2.13. The lowest BCUT2D eigenvalue weighted by atomic mass is 10.1. The lowest BCUT2D eigenvalue weighted by molar-refractivity contribution is -0.114. The van der Waals surface area contributed by atoms with Gasteiger partial charge in [0.05, 0.1) is 5.69 Å². The zero-order chi connectivity index (χ0) is 17.5.